The van der Waals surface area contributed by atoms with Crippen LogP contribution in [0.2, 0.25) is 0 Å². The molecule has 3 rings (SSSR count). The number of fused-ring (bicyclic) bond motifs is 1. The van der Waals surface area contributed by atoms with Gasteiger partial charge in [-0.15, -0.1) is 0 Å². The smallest absolute Gasteiger partial charge is 0.358 e. The summed E-state index contributed by atoms with van der Waals surface area (Å²) < 4.78 is 6.25. The van der Waals surface area contributed by atoms with Gasteiger partial charge in [0.1, 0.15) is 0 Å². The first-order valence-corrected chi connectivity index (χ1v) is 7.01. The molecule has 6 nitrogen and oxygen atoms in total. The van der Waals surface area contributed by atoms with Crippen LogP contribution in [0, 0.1) is 0 Å². The Balaban J connectivity index is 1.76. The fraction of sp³-hybridized carbons (Fsp3) is 0.692. The van der Waals surface area contributed by atoms with Crippen molar-refractivity contribution in [2.75, 3.05) is 6.54 Å². The van der Waals surface area contributed by atoms with E-state index >= 15 is 0 Å². The Bertz CT molecular complexity index is 526. The van der Waals surface area contributed by atoms with Gasteiger partial charge in [0.2, 0.25) is 0 Å². The molecule has 2 N–H and O–H groups in total. The van der Waals surface area contributed by atoms with Crippen LogP contribution in [0.5, 0.6) is 0 Å². The molecule has 1 aliphatic heterocycles. The number of nitrogens with one attached hydrogen (secondary N) is 2. The van der Waals surface area contributed by atoms with E-state index in [2.05, 4.69) is 10.6 Å². The molecule has 0 saturated heterocycles. The molecule has 1 amide bonds. The quantitative estimate of drug-likeness (QED) is 0.793. The molecule has 1 aliphatic carbocycles. The maximum Gasteiger partial charge on any atom is 0.358 e. The largest absolute Gasteiger partial charge is 0.370 e. The number of nitrogens with zero attached hydrogens (tertiary/aromatic N) is 1. The predicted octanol–water partition coefficient (Wildman–Crippen LogP) is 0.977. The third-order valence-corrected chi connectivity index (χ3v) is 3.94. The lowest BCUT2D eigenvalue weighted by Gasteiger charge is -2.22. The highest BCUT2D eigenvalue weighted by molar-refractivity contribution is 5.75. The number of aromatic nitrogens is 1. The molecule has 104 valence electrons. The van der Waals surface area contributed by atoms with E-state index < -0.39 is 6.03 Å². The van der Waals surface area contributed by atoms with Crippen molar-refractivity contribution in [2.24, 2.45) is 0 Å². The number of carbonyl (C=O) groups is 1. The number of carbonyl (C=O) groups excluding carboxylic acids is 1. The minimum absolute atomic E-state index is 0.174. The van der Waals surface area contributed by atoms with E-state index in [0.29, 0.717) is 24.3 Å². The number of hydrogen-bond donors (Lipinski definition) is 2. The summed E-state index contributed by atoms with van der Waals surface area (Å²) in [4.78, 5) is 24.2. The van der Waals surface area contributed by atoms with E-state index in [-0.39, 0.29) is 11.6 Å². The second kappa shape index (κ2) is 5.21. The van der Waals surface area contributed by atoms with Crippen molar-refractivity contribution < 1.29 is 9.32 Å². The summed E-state index contributed by atoms with van der Waals surface area (Å²) in [7, 11) is 0. The Kier molecular flexibility index (Phi) is 3.42. The highest BCUT2D eigenvalue weighted by atomic mass is 16.5. The monoisotopic (exact) mass is 265 g/mol. The van der Waals surface area contributed by atoms with Crippen molar-refractivity contribution in [3.63, 3.8) is 0 Å². The van der Waals surface area contributed by atoms with Crippen LogP contribution in [0.4, 0.5) is 4.79 Å². The number of hydrogen-bond acceptors (Lipinski definition) is 4. The number of amides is 1. The minimum Gasteiger partial charge on any atom is -0.370 e. The molecular formula is C13H19N3O3. The normalized spacial score (nSPS) is 20.0. The lowest BCUT2D eigenvalue weighted by molar-refractivity contribution is 0.196. The standard InChI is InChI=1S/C13H19N3O3/c17-12-10-6-7-14-8-11(10)19-16(12)13(18)15-9-4-2-1-3-5-9/h9,14H,1-8H2,(H,15,18). The molecule has 6 heteroatoms. The molecule has 1 fully saturated rings. The molecule has 0 atom stereocenters. The van der Waals surface area contributed by atoms with Crippen molar-refractivity contribution in [3.05, 3.63) is 21.7 Å². The van der Waals surface area contributed by atoms with Crippen LogP contribution in [0.1, 0.15) is 43.4 Å². The van der Waals surface area contributed by atoms with Crippen LogP contribution in [0.15, 0.2) is 9.32 Å². The second-order valence-electron chi connectivity index (χ2n) is 5.30. The van der Waals surface area contributed by atoms with Crippen LogP contribution in [-0.2, 0) is 13.0 Å². The molecule has 19 heavy (non-hydrogen) atoms. The Labute approximate surface area is 111 Å². The predicted molar refractivity (Wildman–Crippen MR) is 69.2 cm³/mol. The first-order chi connectivity index (χ1) is 9.25. The third kappa shape index (κ3) is 2.45. The van der Waals surface area contributed by atoms with E-state index in [1.54, 1.807) is 0 Å². The Hall–Kier alpha value is -1.56. The molecule has 0 spiro atoms. The van der Waals surface area contributed by atoms with Crippen LogP contribution < -0.4 is 16.2 Å². The molecule has 1 aromatic heterocycles. The van der Waals surface area contributed by atoms with Gasteiger partial charge >= 0.3 is 6.03 Å². The van der Waals surface area contributed by atoms with Gasteiger partial charge in [-0.1, -0.05) is 24.0 Å². The minimum atomic E-state index is -0.425. The van der Waals surface area contributed by atoms with Crippen molar-refractivity contribution in [1.82, 2.24) is 15.4 Å². The highest BCUT2D eigenvalue weighted by Gasteiger charge is 2.24. The summed E-state index contributed by atoms with van der Waals surface area (Å²) in [6.45, 7) is 1.28. The Morgan fingerprint density at radius 3 is 2.84 bits per heavy atom. The van der Waals surface area contributed by atoms with Crippen molar-refractivity contribution in [3.8, 4) is 0 Å². The summed E-state index contributed by atoms with van der Waals surface area (Å²) >= 11 is 0. The molecule has 1 saturated carbocycles. The van der Waals surface area contributed by atoms with E-state index in [1.807, 2.05) is 0 Å². The van der Waals surface area contributed by atoms with Gasteiger partial charge in [0.25, 0.3) is 5.56 Å². The second-order valence-corrected chi connectivity index (χ2v) is 5.30. The van der Waals surface area contributed by atoms with Gasteiger partial charge in [0.15, 0.2) is 5.76 Å². The maximum absolute atomic E-state index is 12.1. The SMILES string of the molecule is O=C(NC1CCCCC1)n1oc2c(c1=O)CCNC2. The molecular weight excluding hydrogens is 246 g/mol. The van der Waals surface area contributed by atoms with E-state index in [0.717, 1.165) is 37.0 Å². The van der Waals surface area contributed by atoms with Crippen molar-refractivity contribution >= 4 is 6.03 Å². The summed E-state index contributed by atoms with van der Waals surface area (Å²) in [6, 6.07) is -0.250. The first-order valence-electron chi connectivity index (χ1n) is 7.01. The summed E-state index contributed by atoms with van der Waals surface area (Å²) in [5.41, 5.74) is 0.336. The van der Waals surface area contributed by atoms with E-state index in [1.165, 1.54) is 6.42 Å². The zero-order valence-corrected chi connectivity index (χ0v) is 10.9. The van der Waals surface area contributed by atoms with E-state index in [4.69, 9.17) is 4.52 Å². The van der Waals surface area contributed by atoms with Gasteiger partial charge in [-0.3, -0.25) is 4.79 Å². The zero-order valence-electron chi connectivity index (χ0n) is 10.9. The molecule has 1 aromatic rings. The molecule has 2 aliphatic rings. The first kappa shape index (κ1) is 12.5. The maximum atomic E-state index is 12.1. The zero-order chi connectivity index (χ0) is 13.2. The fourth-order valence-electron chi connectivity index (χ4n) is 2.86. The number of rotatable bonds is 1. The van der Waals surface area contributed by atoms with Gasteiger partial charge in [0, 0.05) is 6.04 Å². The van der Waals surface area contributed by atoms with Crippen LogP contribution >= 0.6 is 0 Å². The summed E-state index contributed by atoms with van der Waals surface area (Å²) in [6.07, 6.45) is 6.11. The molecule has 0 radical (unpaired) electrons. The fourth-order valence-corrected chi connectivity index (χ4v) is 2.86. The van der Waals surface area contributed by atoms with Gasteiger partial charge in [0.05, 0.1) is 12.1 Å². The van der Waals surface area contributed by atoms with E-state index in [9.17, 15) is 9.59 Å². The van der Waals surface area contributed by atoms with Crippen molar-refractivity contribution in [1.29, 1.82) is 0 Å². The van der Waals surface area contributed by atoms with Gasteiger partial charge in [-0.25, -0.2) is 4.79 Å². The van der Waals surface area contributed by atoms with Gasteiger partial charge in [-0.2, -0.15) is 0 Å². The average molecular weight is 265 g/mol. The van der Waals surface area contributed by atoms with Gasteiger partial charge in [-0.05, 0) is 25.8 Å². The topological polar surface area (TPSA) is 76.3 Å². The lowest BCUT2D eigenvalue weighted by Crippen LogP contribution is -2.42. The lowest BCUT2D eigenvalue weighted by atomic mass is 9.96. The van der Waals surface area contributed by atoms with Crippen molar-refractivity contribution in [2.45, 2.75) is 51.1 Å². The molecule has 0 aromatic carbocycles. The van der Waals surface area contributed by atoms with Gasteiger partial charge < -0.3 is 15.2 Å². The third-order valence-electron chi connectivity index (χ3n) is 3.94. The molecule has 2 heterocycles. The van der Waals surface area contributed by atoms with Crippen LogP contribution in [0.25, 0.3) is 0 Å². The Morgan fingerprint density at radius 1 is 1.32 bits per heavy atom. The average Bonchev–Trinajstić information content (AvgIpc) is 2.78. The Morgan fingerprint density at radius 2 is 2.11 bits per heavy atom. The molecule has 0 bridgehead atoms. The van der Waals surface area contributed by atoms with Crippen LogP contribution in [0.3, 0.4) is 0 Å². The summed E-state index contributed by atoms with van der Waals surface area (Å²) in [5, 5.41) is 6.02. The summed E-state index contributed by atoms with van der Waals surface area (Å²) in [5.74, 6) is 0.593. The highest BCUT2D eigenvalue weighted by Crippen LogP contribution is 2.17. The molecule has 0 unspecified atom stereocenters. The van der Waals surface area contributed by atoms with Crippen LogP contribution in [-0.4, -0.2) is 23.4 Å².